The lowest BCUT2D eigenvalue weighted by molar-refractivity contribution is -0.345. The Labute approximate surface area is 335 Å². The minimum atomic E-state index is -1.62. The van der Waals surface area contributed by atoms with Crippen LogP contribution in [0.4, 0.5) is 0 Å². The van der Waals surface area contributed by atoms with E-state index in [0.29, 0.717) is 25.7 Å². The normalized spacial score (nSPS) is 58.4. The molecule has 3 saturated heterocycles. The van der Waals surface area contributed by atoms with Gasteiger partial charge in [0.2, 0.25) is 0 Å². The highest BCUT2D eigenvalue weighted by molar-refractivity contribution is 5.33. The van der Waals surface area contributed by atoms with Gasteiger partial charge in [0.25, 0.3) is 0 Å². The molecule has 328 valence electrons. The van der Waals surface area contributed by atoms with Crippen LogP contribution in [0.25, 0.3) is 0 Å². The van der Waals surface area contributed by atoms with Crippen LogP contribution < -0.4 is 0 Å². The van der Waals surface area contributed by atoms with E-state index in [1.165, 1.54) is 0 Å². The summed E-state index contributed by atoms with van der Waals surface area (Å²) in [5, 5.41) is 108. The number of fused-ring (bicyclic) bond motifs is 2. The van der Waals surface area contributed by atoms with E-state index in [4.69, 9.17) is 23.7 Å². The maximum Gasteiger partial charge on any atom is 0.186 e. The molecule has 8 rings (SSSR count). The summed E-state index contributed by atoms with van der Waals surface area (Å²) in [6.45, 7) is 13.3. The second-order valence-electron chi connectivity index (χ2n) is 21.5. The van der Waals surface area contributed by atoms with Crippen LogP contribution in [-0.4, -0.2) is 161 Å². The fraction of sp³-hybridized carbons (Fsp3) is 1.00. The van der Waals surface area contributed by atoms with Gasteiger partial charge in [0.1, 0.15) is 48.8 Å². The monoisotopic (exact) mass is 814 g/mol. The van der Waals surface area contributed by atoms with Gasteiger partial charge in [0, 0.05) is 5.92 Å². The minimum Gasteiger partial charge on any atom is -0.394 e. The van der Waals surface area contributed by atoms with Gasteiger partial charge < -0.3 is 74.7 Å². The van der Waals surface area contributed by atoms with Gasteiger partial charge in [0.15, 0.2) is 12.6 Å². The average Bonchev–Trinajstić information content (AvgIpc) is 3.50. The average molecular weight is 815 g/mol. The van der Waals surface area contributed by atoms with Crippen LogP contribution in [0.1, 0.15) is 106 Å². The first-order chi connectivity index (χ1) is 26.5. The van der Waals surface area contributed by atoms with Crippen molar-refractivity contribution in [2.75, 3.05) is 13.2 Å². The third kappa shape index (κ3) is 5.99. The van der Waals surface area contributed by atoms with Gasteiger partial charge in [-0.25, -0.2) is 0 Å². The van der Waals surface area contributed by atoms with Crippen LogP contribution in [0.5, 0.6) is 0 Å². The van der Waals surface area contributed by atoms with Gasteiger partial charge in [-0.1, -0.05) is 27.7 Å². The van der Waals surface area contributed by atoms with Crippen LogP contribution >= 0.6 is 0 Å². The van der Waals surface area contributed by atoms with Crippen molar-refractivity contribution in [3.8, 4) is 0 Å². The Balaban J connectivity index is 1.15. The molecule has 5 saturated carbocycles. The Hall–Kier alpha value is -0.600. The molecule has 5 aliphatic carbocycles. The van der Waals surface area contributed by atoms with Gasteiger partial charge in [-0.15, -0.1) is 0 Å². The summed E-state index contributed by atoms with van der Waals surface area (Å²) in [5.74, 6) is -0.324. The summed E-state index contributed by atoms with van der Waals surface area (Å²) in [6, 6.07) is 0. The van der Waals surface area contributed by atoms with Crippen molar-refractivity contribution in [2.45, 2.75) is 203 Å². The molecule has 0 aromatic rings. The van der Waals surface area contributed by atoms with Crippen molar-refractivity contribution >= 4 is 0 Å². The third-order valence-electron chi connectivity index (χ3n) is 18.0. The quantitative estimate of drug-likeness (QED) is 0.146. The van der Waals surface area contributed by atoms with E-state index < -0.39 is 110 Å². The lowest BCUT2D eigenvalue weighted by Gasteiger charge is -2.65. The van der Waals surface area contributed by atoms with Gasteiger partial charge in [-0.2, -0.15) is 0 Å². The molecule has 0 aromatic heterocycles. The minimum absolute atomic E-state index is 0.0725. The molecule has 15 nitrogen and oxygen atoms in total. The Kier molecular flexibility index (Phi) is 10.5. The van der Waals surface area contributed by atoms with E-state index in [1.54, 1.807) is 13.8 Å². The standard InChI is InChI=1S/C42H70O15/c1-36(2)24(56-35-31(51)29(49)27(47)22(17-44)55-35)9-11-42-18-41(42)13-12-38(5)32(40(7)10-8-25(57-40)37(3,4)52)19(45)15-39(38,6)23(41)14-20(33(36)42)53-34-30(50)28(48)26(46)21(16-43)54-34/h19-35,43-52H,8-18H2,1-7H3. The van der Waals surface area contributed by atoms with Gasteiger partial charge in [-0.3, -0.25) is 0 Å². The molecule has 0 bridgehead atoms. The summed E-state index contributed by atoms with van der Waals surface area (Å²) < 4.78 is 32.0. The molecule has 2 spiro atoms. The summed E-state index contributed by atoms with van der Waals surface area (Å²) in [6.07, 6.45) is -9.98. The molecule has 57 heavy (non-hydrogen) atoms. The van der Waals surface area contributed by atoms with Gasteiger partial charge in [0.05, 0.1) is 48.8 Å². The highest BCUT2D eigenvalue weighted by atomic mass is 16.7. The Bertz CT molecular complexity index is 1510. The van der Waals surface area contributed by atoms with E-state index in [2.05, 4.69) is 34.6 Å². The zero-order valence-corrected chi connectivity index (χ0v) is 34.6. The number of hydrogen-bond donors (Lipinski definition) is 10. The Morgan fingerprint density at radius 1 is 0.649 bits per heavy atom. The first-order valence-electron chi connectivity index (χ1n) is 21.5. The highest BCUT2D eigenvalue weighted by Crippen LogP contribution is 2.89. The Morgan fingerprint density at radius 2 is 1.23 bits per heavy atom. The smallest absolute Gasteiger partial charge is 0.186 e. The van der Waals surface area contributed by atoms with Crippen molar-refractivity contribution in [2.24, 2.45) is 44.8 Å². The molecular formula is C42H70O15. The number of rotatable bonds is 8. The molecule has 0 amide bonds. The van der Waals surface area contributed by atoms with Crippen molar-refractivity contribution in [3.05, 3.63) is 0 Å². The maximum atomic E-state index is 12.2. The second-order valence-corrected chi connectivity index (χ2v) is 21.5. The Morgan fingerprint density at radius 3 is 1.77 bits per heavy atom. The largest absolute Gasteiger partial charge is 0.394 e. The van der Waals surface area contributed by atoms with E-state index in [-0.39, 0.29) is 45.5 Å². The summed E-state index contributed by atoms with van der Waals surface area (Å²) in [5.41, 5.74) is -3.40. The fourth-order valence-electron chi connectivity index (χ4n) is 15.2. The number of hydrogen-bond acceptors (Lipinski definition) is 15. The molecule has 0 aromatic carbocycles. The molecule has 0 radical (unpaired) electrons. The molecule has 3 aliphatic heterocycles. The lowest BCUT2D eigenvalue weighted by Crippen LogP contribution is -2.65. The SMILES string of the molecule is CC(C)(O)C1CCC(C)(C2C(O)CC3(C)C4CC(OC5OC(CO)C(O)C(O)C5O)C5C(C)(C)C(OC6OC(CO)C(O)C(O)C6O)CCC56CC46CCC23C)O1. The van der Waals surface area contributed by atoms with Crippen LogP contribution in [0.3, 0.4) is 0 Å². The number of ether oxygens (including phenoxy) is 5. The number of aliphatic hydroxyl groups excluding tert-OH is 9. The van der Waals surface area contributed by atoms with E-state index >= 15 is 0 Å². The molecular weight excluding hydrogens is 744 g/mol. The van der Waals surface area contributed by atoms with E-state index in [9.17, 15) is 51.1 Å². The van der Waals surface area contributed by atoms with E-state index in [0.717, 1.165) is 32.1 Å². The fourth-order valence-corrected chi connectivity index (χ4v) is 15.2. The van der Waals surface area contributed by atoms with Gasteiger partial charge >= 0.3 is 0 Å². The highest BCUT2D eigenvalue weighted by Gasteiger charge is 2.85. The van der Waals surface area contributed by atoms with Gasteiger partial charge in [-0.05, 0) is 117 Å². The molecule has 22 atom stereocenters. The lowest BCUT2D eigenvalue weighted by atomic mass is 9.41. The van der Waals surface area contributed by atoms with Crippen molar-refractivity contribution in [3.63, 3.8) is 0 Å². The van der Waals surface area contributed by atoms with Crippen molar-refractivity contribution in [1.29, 1.82) is 0 Å². The zero-order chi connectivity index (χ0) is 41.6. The molecule has 8 aliphatic rings. The summed E-state index contributed by atoms with van der Waals surface area (Å²) in [4.78, 5) is 0. The zero-order valence-electron chi connectivity index (χ0n) is 34.6. The van der Waals surface area contributed by atoms with Crippen LogP contribution in [0.2, 0.25) is 0 Å². The number of aliphatic hydroxyl groups is 10. The molecule has 15 heteroatoms. The topological polar surface area (TPSA) is 248 Å². The first-order valence-corrected chi connectivity index (χ1v) is 21.5. The molecule has 22 unspecified atom stereocenters. The van der Waals surface area contributed by atoms with Crippen LogP contribution in [0.15, 0.2) is 0 Å². The van der Waals surface area contributed by atoms with Crippen molar-refractivity contribution in [1.82, 2.24) is 0 Å². The molecule has 8 fully saturated rings. The van der Waals surface area contributed by atoms with Crippen LogP contribution in [-0.2, 0) is 23.7 Å². The molecule has 3 heterocycles. The summed E-state index contributed by atoms with van der Waals surface area (Å²) in [7, 11) is 0. The second kappa shape index (κ2) is 14.0. The third-order valence-corrected chi connectivity index (χ3v) is 18.0. The summed E-state index contributed by atoms with van der Waals surface area (Å²) >= 11 is 0. The van der Waals surface area contributed by atoms with Crippen LogP contribution in [0, 0.1) is 44.8 Å². The van der Waals surface area contributed by atoms with E-state index in [1.807, 2.05) is 0 Å². The predicted molar refractivity (Wildman–Crippen MR) is 200 cm³/mol. The van der Waals surface area contributed by atoms with Crippen molar-refractivity contribution < 1.29 is 74.7 Å². The maximum absolute atomic E-state index is 12.2. The first kappa shape index (κ1) is 43.1. The molecule has 10 N–H and O–H groups in total. The predicted octanol–water partition coefficient (Wildman–Crippen LogP) is 0.0850.